The van der Waals surface area contributed by atoms with Crippen LogP contribution >= 0.6 is 0 Å². The van der Waals surface area contributed by atoms with Crippen LogP contribution in [0.5, 0.6) is 17.2 Å². The summed E-state index contributed by atoms with van der Waals surface area (Å²) >= 11 is 0. The number of hydrogen-bond acceptors (Lipinski definition) is 7. The van der Waals surface area contributed by atoms with Crippen LogP contribution in [0.15, 0.2) is 47.6 Å². The number of hydrogen-bond donors (Lipinski definition) is 1. The zero-order chi connectivity index (χ0) is 25.1. The van der Waals surface area contributed by atoms with Crippen molar-refractivity contribution in [3.05, 3.63) is 48.0 Å². The smallest absolute Gasteiger partial charge is 0.263 e. The van der Waals surface area contributed by atoms with Crippen molar-refractivity contribution < 1.29 is 27.4 Å². The summed E-state index contributed by atoms with van der Waals surface area (Å²) in [5, 5.41) is 3.99. The Morgan fingerprint density at radius 3 is 2.29 bits per heavy atom. The molecule has 0 saturated carbocycles. The molecule has 0 radical (unpaired) electrons. The lowest BCUT2D eigenvalue weighted by Crippen LogP contribution is -2.46. The van der Waals surface area contributed by atoms with Gasteiger partial charge in [-0.2, -0.15) is 5.10 Å². The molecule has 0 fully saturated rings. The summed E-state index contributed by atoms with van der Waals surface area (Å²) in [4.78, 5) is 12.7. The number of nitrogens with zero attached hydrogens (tertiary/aromatic N) is 2. The van der Waals surface area contributed by atoms with Crippen LogP contribution in [0.3, 0.4) is 0 Å². The predicted octanol–water partition coefficient (Wildman–Crippen LogP) is 3.58. The molecule has 0 unspecified atom stereocenters. The lowest BCUT2D eigenvalue weighted by Gasteiger charge is -2.27. The molecule has 186 valence electrons. The molecule has 0 spiro atoms. The van der Waals surface area contributed by atoms with Crippen LogP contribution < -0.4 is 23.9 Å². The van der Waals surface area contributed by atoms with Crippen molar-refractivity contribution in [2.75, 3.05) is 30.4 Å². The van der Waals surface area contributed by atoms with Gasteiger partial charge in [-0.15, -0.1) is 0 Å². The van der Waals surface area contributed by atoms with Gasteiger partial charge in [-0.3, -0.25) is 9.10 Å². The average molecular weight is 492 g/mol. The monoisotopic (exact) mass is 491 g/mol. The van der Waals surface area contributed by atoms with Crippen LogP contribution in [0.2, 0.25) is 0 Å². The van der Waals surface area contributed by atoms with Gasteiger partial charge in [-0.1, -0.05) is 6.92 Å². The van der Waals surface area contributed by atoms with Crippen LogP contribution in [0.25, 0.3) is 0 Å². The van der Waals surface area contributed by atoms with E-state index in [-0.39, 0.29) is 0 Å². The van der Waals surface area contributed by atoms with E-state index in [9.17, 15) is 13.2 Å². The third-order valence-corrected chi connectivity index (χ3v) is 5.85. The molecule has 1 atom stereocenters. The standard InChI is InChI=1S/C24H33N3O6S/c1-6-15-33-22-14-9-19(16-23(22)32-8-3)17-25-26-24(28)18(4)27(34(5,29)30)20-10-12-21(13-11-20)31-7-2/h9-14,16-18H,6-8,15H2,1-5H3,(H,26,28)/b25-17-/t18-/m0/s1. The van der Waals surface area contributed by atoms with E-state index < -0.39 is 22.0 Å². The number of nitrogens with one attached hydrogen (secondary N) is 1. The highest BCUT2D eigenvalue weighted by Gasteiger charge is 2.29. The Morgan fingerprint density at radius 2 is 1.71 bits per heavy atom. The van der Waals surface area contributed by atoms with Gasteiger partial charge >= 0.3 is 0 Å². The molecule has 0 bridgehead atoms. The van der Waals surface area contributed by atoms with Gasteiger partial charge in [0.15, 0.2) is 11.5 Å². The molecule has 34 heavy (non-hydrogen) atoms. The Morgan fingerprint density at radius 1 is 1.03 bits per heavy atom. The van der Waals surface area contributed by atoms with Gasteiger partial charge in [0.2, 0.25) is 10.0 Å². The highest BCUT2D eigenvalue weighted by Crippen LogP contribution is 2.28. The van der Waals surface area contributed by atoms with Gasteiger partial charge in [-0.25, -0.2) is 13.8 Å². The normalized spacial score (nSPS) is 12.3. The van der Waals surface area contributed by atoms with Gasteiger partial charge in [0.25, 0.3) is 5.91 Å². The molecule has 0 aliphatic carbocycles. The summed E-state index contributed by atoms with van der Waals surface area (Å²) in [7, 11) is -3.74. The van der Waals surface area contributed by atoms with Crippen molar-refractivity contribution in [2.24, 2.45) is 5.10 Å². The first kappa shape index (κ1) is 27.0. The van der Waals surface area contributed by atoms with Crippen LogP contribution in [0.1, 0.15) is 39.7 Å². The first-order chi connectivity index (χ1) is 16.2. The first-order valence-electron chi connectivity index (χ1n) is 11.2. The molecule has 2 aromatic rings. The fourth-order valence-electron chi connectivity index (χ4n) is 3.13. The van der Waals surface area contributed by atoms with Crippen molar-refractivity contribution >= 4 is 27.8 Å². The minimum atomic E-state index is -3.74. The van der Waals surface area contributed by atoms with Gasteiger partial charge in [-0.05, 0) is 75.2 Å². The number of amides is 1. The number of anilines is 1. The third kappa shape index (κ3) is 7.65. The number of rotatable bonds is 13. The average Bonchev–Trinajstić information content (AvgIpc) is 2.79. The third-order valence-electron chi connectivity index (χ3n) is 4.61. The second kappa shape index (κ2) is 12.8. The van der Waals surface area contributed by atoms with Gasteiger partial charge in [0.05, 0.1) is 38.0 Å². The Kier molecular flexibility index (Phi) is 10.2. The Bertz CT molecular complexity index is 1070. The Balaban J connectivity index is 2.14. The quantitative estimate of drug-likeness (QED) is 0.339. The van der Waals surface area contributed by atoms with Crippen molar-refractivity contribution in [1.82, 2.24) is 5.43 Å². The molecule has 2 aromatic carbocycles. The van der Waals surface area contributed by atoms with E-state index in [2.05, 4.69) is 10.5 Å². The van der Waals surface area contributed by atoms with E-state index in [0.29, 0.717) is 48.3 Å². The van der Waals surface area contributed by atoms with Crippen LogP contribution in [0, 0.1) is 0 Å². The molecule has 0 aliphatic heterocycles. The maximum Gasteiger partial charge on any atom is 0.263 e. The molecule has 0 heterocycles. The molecule has 2 rings (SSSR count). The summed E-state index contributed by atoms with van der Waals surface area (Å²) in [5.41, 5.74) is 3.45. The maximum absolute atomic E-state index is 12.7. The van der Waals surface area contributed by atoms with E-state index in [1.54, 1.807) is 42.5 Å². The topological polar surface area (TPSA) is 107 Å². The molecule has 1 N–H and O–H groups in total. The summed E-state index contributed by atoms with van der Waals surface area (Å²) in [6.45, 7) is 8.80. The van der Waals surface area contributed by atoms with E-state index in [4.69, 9.17) is 14.2 Å². The number of benzene rings is 2. The van der Waals surface area contributed by atoms with Crippen molar-refractivity contribution in [1.29, 1.82) is 0 Å². The molecule has 10 heteroatoms. The molecular formula is C24H33N3O6S. The van der Waals surface area contributed by atoms with Crippen LogP contribution in [0.4, 0.5) is 5.69 Å². The molecule has 0 aliphatic rings. The minimum Gasteiger partial charge on any atom is -0.494 e. The highest BCUT2D eigenvalue weighted by atomic mass is 32.2. The summed E-state index contributed by atoms with van der Waals surface area (Å²) < 4.78 is 42.6. The summed E-state index contributed by atoms with van der Waals surface area (Å²) in [5.74, 6) is 1.25. The van der Waals surface area contributed by atoms with Crippen molar-refractivity contribution in [3.8, 4) is 17.2 Å². The van der Waals surface area contributed by atoms with Gasteiger partial charge < -0.3 is 14.2 Å². The molecule has 0 aromatic heterocycles. The zero-order valence-electron chi connectivity index (χ0n) is 20.3. The Hall–Kier alpha value is -3.27. The second-order valence-corrected chi connectivity index (χ2v) is 9.24. The number of hydrazone groups is 1. The van der Waals surface area contributed by atoms with E-state index in [1.807, 2.05) is 20.8 Å². The Labute approximate surface area is 201 Å². The summed E-state index contributed by atoms with van der Waals surface area (Å²) in [6.07, 6.45) is 3.38. The van der Waals surface area contributed by atoms with Crippen LogP contribution in [-0.4, -0.2) is 52.7 Å². The number of carbonyl (C=O) groups excluding carboxylic acids is 1. The van der Waals surface area contributed by atoms with E-state index in [1.165, 1.54) is 13.1 Å². The number of sulfonamides is 1. The zero-order valence-corrected chi connectivity index (χ0v) is 21.1. The molecule has 0 saturated heterocycles. The van der Waals surface area contributed by atoms with Crippen LogP contribution in [-0.2, 0) is 14.8 Å². The maximum atomic E-state index is 12.7. The number of carbonyl (C=O) groups is 1. The molecular weight excluding hydrogens is 458 g/mol. The predicted molar refractivity (Wildman–Crippen MR) is 134 cm³/mol. The first-order valence-corrected chi connectivity index (χ1v) is 13.0. The van der Waals surface area contributed by atoms with Gasteiger partial charge in [0, 0.05) is 0 Å². The second-order valence-electron chi connectivity index (χ2n) is 7.38. The minimum absolute atomic E-state index is 0.349. The lowest BCUT2D eigenvalue weighted by atomic mass is 10.2. The molecule has 9 nitrogen and oxygen atoms in total. The fourth-order valence-corrected chi connectivity index (χ4v) is 4.31. The number of ether oxygens (including phenoxy) is 3. The SMILES string of the molecule is CCCOc1ccc(/C=N\NC(=O)[C@H](C)N(c2ccc(OCC)cc2)S(C)(=O)=O)cc1OCC. The summed E-state index contributed by atoms with van der Waals surface area (Å²) in [6, 6.07) is 10.8. The van der Waals surface area contributed by atoms with Gasteiger partial charge in [0.1, 0.15) is 11.8 Å². The highest BCUT2D eigenvalue weighted by molar-refractivity contribution is 7.92. The van der Waals surface area contributed by atoms with Crippen molar-refractivity contribution in [3.63, 3.8) is 0 Å². The lowest BCUT2D eigenvalue weighted by molar-refractivity contribution is -0.121. The van der Waals surface area contributed by atoms with E-state index >= 15 is 0 Å². The largest absolute Gasteiger partial charge is 0.494 e. The van der Waals surface area contributed by atoms with E-state index in [0.717, 1.165) is 17.0 Å². The molecule has 1 amide bonds. The fraction of sp³-hybridized carbons (Fsp3) is 0.417. The van der Waals surface area contributed by atoms with Crippen molar-refractivity contribution in [2.45, 2.75) is 40.2 Å².